The minimum absolute atomic E-state index is 0.0628. The molecule has 66 heavy (non-hydrogen) atoms. The molecule has 0 unspecified atom stereocenters. The molecule has 15 N–H and O–H groups in total. The smallest absolute Gasteiger partial charge is 0.305 e. The highest BCUT2D eigenvalue weighted by molar-refractivity contribution is 6.06. The standard InChI is InChI=1S/C46H66N12O8/c1-5-27(3)26-53-34(13-9-21-51-45(47)48)41(63)58-43(65)36(25-38(60)61)56-44(66)39(28(4)6-2)57-42(64)35(14-10-22-52-46(49)50)55-37(59)23-29-15-19-33(20-16-29)54-40(62)32-18-17-30-11-7-8-12-31(30)24-32/h7-8,11-12,15-20,24,27-28,34-36,39,53H,5-6,9-10,13-14,21-23,25-26H2,1-4H3,(H,54,62)(H,55,59)(H,56,66)(H,57,64)(H,60,61)(H4,47,48,51)(H4,49,50,52)(H,58,63,65)/t27-,28-,34-,35-,36-,39-/m0/s1. The number of nitrogens with two attached hydrogens (primary N) is 4. The lowest BCUT2D eigenvalue weighted by Crippen LogP contribution is -2.59. The van der Waals surface area contributed by atoms with Crippen molar-refractivity contribution in [2.75, 3.05) is 25.0 Å². The summed E-state index contributed by atoms with van der Waals surface area (Å²) < 4.78 is 0. The van der Waals surface area contributed by atoms with Crippen molar-refractivity contribution in [1.29, 1.82) is 0 Å². The molecule has 6 atom stereocenters. The summed E-state index contributed by atoms with van der Waals surface area (Å²) >= 11 is 0. The summed E-state index contributed by atoms with van der Waals surface area (Å²) in [4.78, 5) is 101. The lowest BCUT2D eigenvalue weighted by Gasteiger charge is -2.28. The number of guanidine groups is 2. The Bertz CT molecular complexity index is 2190. The zero-order valence-corrected chi connectivity index (χ0v) is 38.1. The maximum absolute atomic E-state index is 13.9. The fraction of sp³-hybridized carbons (Fsp3) is 0.457. The van der Waals surface area contributed by atoms with Crippen molar-refractivity contribution in [3.8, 4) is 0 Å². The highest BCUT2D eigenvalue weighted by Crippen LogP contribution is 2.18. The van der Waals surface area contributed by atoms with E-state index in [0.717, 1.165) is 17.2 Å². The predicted molar refractivity (Wildman–Crippen MR) is 254 cm³/mol. The molecule has 0 aliphatic rings. The third-order valence-electron chi connectivity index (χ3n) is 10.9. The van der Waals surface area contributed by atoms with Crippen LogP contribution in [0.5, 0.6) is 0 Å². The molecule has 0 fully saturated rings. The number of nitrogens with zero attached hydrogens (tertiary/aromatic N) is 2. The van der Waals surface area contributed by atoms with Gasteiger partial charge in [-0.3, -0.25) is 48.9 Å². The van der Waals surface area contributed by atoms with E-state index in [1.807, 2.05) is 44.2 Å². The van der Waals surface area contributed by atoms with Gasteiger partial charge in [0, 0.05) is 24.3 Å². The average Bonchev–Trinajstić information content (AvgIpc) is 3.28. The number of anilines is 1. The van der Waals surface area contributed by atoms with Crippen molar-refractivity contribution in [2.45, 2.75) is 103 Å². The first-order valence-corrected chi connectivity index (χ1v) is 22.1. The van der Waals surface area contributed by atoms with Crippen LogP contribution in [0.4, 0.5) is 5.69 Å². The van der Waals surface area contributed by atoms with Gasteiger partial charge in [-0.1, -0.05) is 83.0 Å². The number of benzene rings is 3. The van der Waals surface area contributed by atoms with E-state index >= 15 is 0 Å². The summed E-state index contributed by atoms with van der Waals surface area (Å²) in [5, 5.41) is 27.7. The minimum atomic E-state index is -1.70. The number of fused-ring (bicyclic) bond motifs is 1. The number of aliphatic imine (C=N–C) groups is 2. The lowest BCUT2D eigenvalue weighted by molar-refractivity contribution is -0.143. The molecular formula is C46H66N12O8. The topological polar surface area (TPSA) is 341 Å². The highest BCUT2D eigenvalue weighted by Gasteiger charge is 2.34. The minimum Gasteiger partial charge on any atom is -0.481 e. The molecule has 20 nitrogen and oxygen atoms in total. The quantitative estimate of drug-likeness (QED) is 0.0293. The van der Waals surface area contributed by atoms with Crippen LogP contribution in [0, 0.1) is 11.8 Å². The zero-order valence-electron chi connectivity index (χ0n) is 38.1. The molecule has 0 aliphatic carbocycles. The number of carboxylic acid groups (broad SMARTS) is 1. The van der Waals surface area contributed by atoms with Gasteiger partial charge in [-0.25, -0.2) is 0 Å². The van der Waals surface area contributed by atoms with E-state index in [2.05, 4.69) is 41.9 Å². The average molecular weight is 915 g/mol. The zero-order chi connectivity index (χ0) is 48.8. The van der Waals surface area contributed by atoms with Crippen molar-refractivity contribution < 1.29 is 38.7 Å². The van der Waals surface area contributed by atoms with E-state index in [0.29, 0.717) is 36.2 Å². The molecule has 0 bridgehead atoms. The number of carboxylic acids is 1. The Morgan fingerprint density at radius 1 is 0.667 bits per heavy atom. The number of hydrogen-bond donors (Lipinski definition) is 11. The van der Waals surface area contributed by atoms with E-state index < -0.39 is 72.0 Å². The fourth-order valence-corrected chi connectivity index (χ4v) is 6.66. The molecule has 0 spiro atoms. The molecule has 3 aromatic rings. The Morgan fingerprint density at radius 2 is 1.27 bits per heavy atom. The van der Waals surface area contributed by atoms with Crippen LogP contribution in [0.3, 0.4) is 0 Å². The van der Waals surface area contributed by atoms with E-state index in [-0.39, 0.29) is 62.5 Å². The fourth-order valence-electron chi connectivity index (χ4n) is 6.66. The van der Waals surface area contributed by atoms with Crippen LogP contribution >= 0.6 is 0 Å². The molecule has 0 saturated carbocycles. The van der Waals surface area contributed by atoms with Gasteiger partial charge in [-0.15, -0.1) is 0 Å². The van der Waals surface area contributed by atoms with Crippen LogP contribution < -0.4 is 54.8 Å². The molecule has 0 saturated heterocycles. The van der Waals surface area contributed by atoms with Crippen molar-refractivity contribution >= 4 is 69.8 Å². The number of aliphatic carboxylic acids is 1. The number of carbonyl (C=O) groups is 7. The maximum Gasteiger partial charge on any atom is 0.305 e. The second kappa shape index (κ2) is 27.3. The third kappa shape index (κ3) is 18.6. The maximum atomic E-state index is 13.9. The summed E-state index contributed by atoms with van der Waals surface area (Å²) in [5.41, 5.74) is 23.4. The van der Waals surface area contributed by atoms with Crippen molar-refractivity contribution in [2.24, 2.45) is 44.8 Å². The molecule has 3 rings (SSSR count). The van der Waals surface area contributed by atoms with Crippen LogP contribution in [0.1, 0.15) is 88.6 Å². The predicted octanol–water partition coefficient (Wildman–Crippen LogP) is 1.36. The van der Waals surface area contributed by atoms with Gasteiger partial charge in [-0.2, -0.15) is 0 Å². The van der Waals surface area contributed by atoms with Gasteiger partial charge in [0.25, 0.3) is 5.91 Å². The van der Waals surface area contributed by atoms with E-state index in [1.54, 1.807) is 50.2 Å². The third-order valence-corrected chi connectivity index (χ3v) is 10.9. The Hall–Kier alpha value is -7.09. The van der Waals surface area contributed by atoms with Crippen molar-refractivity contribution in [3.05, 3.63) is 77.9 Å². The van der Waals surface area contributed by atoms with Gasteiger partial charge in [0.15, 0.2) is 11.9 Å². The second-order valence-corrected chi connectivity index (χ2v) is 16.3. The monoisotopic (exact) mass is 915 g/mol. The largest absolute Gasteiger partial charge is 0.481 e. The summed E-state index contributed by atoms with van der Waals surface area (Å²) in [7, 11) is 0. The molecule has 358 valence electrons. The molecule has 20 heteroatoms. The van der Waals surface area contributed by atoms with Gasteiger partial charge in [0.2, 0.25) is 29.5 Å². The van der Waals surface area contributed by atoms with Gasteiger partial charge in [0.05, 0.1) is 18.9 Å². The molecule has 0 heterocycles. The first-order valence-electron chi connectivity index (χ1n) is 22.1. The lowest BCUT2D eigenvalue weighted by atomic mass is 9.96. The number of rotatable bonds is 27. The summed E-state index contributed by atoms with van der Waals surface area (Å²) in [5.74, 6) is -6.27. The molecule has 0 aliphatic heterocycles. The normalized spacial score (nSPS) is 13.6. The summed E-state index contributed by atoms with van der Waals surface area (Å²) in [6.07, 6.45) is 1.14. The van der Waals surface area contributed by atoms with Crippen LogP contribution in [0.2, 0.25) is 0 Å². The van der Waals surface area contributed by atoms with Gasteiger partial charge in [0.1, 0.15) is 18.1 Å². The highest BCUT2D eigenvalue weighted by atomic mass is 16.4. The Kier molecular flexibility index (Phi) is 22.0. The second-order valence-electron chi connectivity index (χ2n) is 16.3. The van der Waals surface area contributed by atoms with E-state index in [4.69, 9.17) is 22.9 Å². The number of imide groups is 1. The van der Waals surface area contributed by atoms with Gasteiger partial charge in [-0.05, 0) is 84.7 Å². The Balaban J connectivity index is 1.73. The molecule has 0 radical (unpaired) electrons. The number of hydrogen-bond acceptors (Lipinski definition) is 10. The molecule has 3 aromatic carbocycles. The molecule has 6 amide bonds. The first kappa shape index (κ1) is 53.2. The van der Waals surface area contributed by atoms with E-state index in [9.17, 15) is 38.7 Å². The van der Waals surface area contributed by atoms with Gasteiger partial charge >= 0.3 is 5.97 Å². The number of amides is 6. The summed E-state index contributed by atoms with van der Waals surface area (Å²) in [6, 6.07) is 14.7. The first-order chi connectivity index (χ1) is 31.4. The Labute approximate surface area is 384 Å². The van der Waals surface area contributed by atoms with Crippen molar-refractivity contribution in [3.63, 3.8) is 0 Å². The van der Waals surface area contributed by atoms with Crippen LogP contribution in [0.25, 0.3) is 10.8 Å². The van der Waals surface area contributed by atoms with Crippen LogP contribution in [-0.4, -0.2) is 102 Å². The SMILES string of the molecule is CC[C@H](C)CN[C@@H](CCCN=C(N)N)C(=O)NC(=O)[C@H](CC(=O)O)NC(=O)[C@@H](NC(=O)[C@H](CCCN=C(N)N)NC(=O)Cc1ccc(NC(=O)c2ccc3ccccc3c2)cc1)[C@@H](C)CC. The molecule has 0 aromatic heterocycles. The Morgan fingerprint density at radius 3 is 1.86 bits per heavy atom. The van der Waals surface area contributed by atoms with Crippen LogP contribution in [0.15, 0.2) is 76.7 Å². The van der Waals surface area contributed by atoms with Crippen molar-refractivity contribution in [1.82, 2.24) is 26.6 Å². The number of nitrogens with one attached hydrogen (secondary N) is 6. The van der Waals surface area contributed by atoms with Gasteiger partial charge < -0.3 is 54.6 Å². The molecular weight excluding hydrogens is 849 g/mol. The van der Waals surface area contributed by atoms with E-state index in [1.165, 1.54) is 0 Å². The summed E-state index contributed by atoms with van der Waals surface area (Å²) in [6.45, 7) is 8.24. The number of carbonyl (C=O) groups excluding carboxylic acids is 6. The van der Waals surface area contributed by atoms with Crippen LogP contribution in [-0.2, 0) is 35.2 Å².